The molecule has 2 aliphatic rings. The fourth-order valence-corrected chi connectivity index (χ4v) is 3.87. The highest BCUT2D eigenvalue weighted by atomic mass is 79.9. The molecule has 156 valence electrons. The van der Waals surface area contributed by atoms with E-state index in [1.807, 2.05) is 9.80 Å². The first-order chi connectivity index (χ1) is 14.2. The number of imide groups is 1. The van der Waals surface area contributed by atoms with Gasteiger partial charge in [-0.05, 0) is 42.5 Å². The zero-order valence-electron chi connectivity index (χ0n) is 15.7. The highest BCUT2D eigenvalue weighted by molar-refractivity contribution is 9.10. The minimum atomic E-state index is -4.39. The van der Waals surface area contributed by atoms with Crippen LogP contribution in [0, 0.1) is 0 Å². The fraction of sp³-hybridized carbons (Fsp3) is 0.238. The lowest BCUT2D eigenvalue weighted by atomic mass is 10.1. The Morgan fingerprint density at radius 1 is 0.833 bits per heavy atom. The van der Waals surface area contributed by atoms with Crippen LogP contribution in [0.25, 0.3) is 0 Å². The van der Waals surface area contributed by atoms with Crippen LogP contribution in [0.5, 0.6) is 0 Å². The summed E-state index contributed by atoms with van der Waals surface area (Å²) in [5.41, 5.74) is 0.601. The second-order valence-electron chi connectivity index (χ2n) is 7.01. The van der Waals surface area contributed by atoms with Gasteiger partial charge in [0.25, 0.3) is 11.8 Å². The molecule has 30 heavy (non-hydrogen) atoms. The van der Waals surface area contributed by atoms with Crippen LogP contribution >= 0.6 is 15.9 Å². The number of nitrogens with zero attached hydrogens (tertiary/aromatic N) is 3. The van der Waals surface area contributed by atoms with Gasteiger partial charge >= 0.3 is 6.18 Å². The molecule has 0 bridgehead atoms. The third-order valence-electron chi connectivity index (χ3n) is 5.15. The lowest BCUT2D eigenvalue weighted by Gasteiger charge is -2.37. The Bertz CT molecular complexity index is 1010. The molecule has 0 unspecified atom stereocenters. The van der Waals surface area contributed by atoms with E-state index < -0.39 is 23.6 Å². The van der Waals surface area contributed by atoms with Crippen molar-refractivity contribution in [3.63, 3.8) is 0 Å². The highest BCUT2D eigenvalue weighted by Crippen LogP contribution is 2.32. The van der Waals surface area contributed by atoms with Gasteiger partial charge in [-0.25, -0.2) is 4.90 Å². The molecule has 1 fully saturated rings. The summed E-state index contributed by atoms with van der Waals surface area (Å²) in [6.07, 6.45) is -3.07. The van der Waals surface area contributed by atoms with Gasteiger partial charge in [-0.1, -0.05) is 22.0 Å². The molecule has 0 N–H and O–H groups in total. The third-order valence-corrected chi connectivity index (χ3v) is 5.68. The minimum absolute atomic E-state index is 0.312. The summed E-state index contributed by atoms with van der Waals surface area (Å²) >= 11 is 3.32. The largest absolute Gasteiger partial charge is 0.416 e. The number of piperazine rings is 1. The second kappa shape index (κ2) is 7.79. The van der Waals surface area contributed by atoms with Crippen molar-refractivity contribution in [2.45, 2.75) is 6.18 Å². The van der Waals surface area contributed by atoms with E-state index in [0.29, 0.717) is 43.3 Å². The minimum Gasteiger partial charge on any atom is -0.368 e. The molecule has 1 saturated heterocycles. The smallest absolute Gasteiger partial charge is 0.368 e. The monoisotopic (exact) mass is 479 g/mol. The number of alkyl halides is 3. The van der Waals surface area contributed by atoms with Gasteiger partial charge in [-0.15, -0.1) is 0 Å². The maximum atomic E-state index is 13.0. The predicted octanol–water partition coefficient (Wildman–Crippen LogP) is 4.05. The van der Waals surface area contributed by atoms with E-state index in [-0.39, 0.29) is 0 Å². The Kier molecular flexibility index (Phi) is 5.31. The molecule has 4 rings (SSSR count). The SMILES string of the molecule is O=C1C=C(N2CCN(c3cccc(C(F)(F)F)c3)CC2)C(=O)N1c1ccc(Br)cc1. The van der Waals surface area contributed by atoms with Crippen LogP contribution in [0.3, 0.4) is 0 Å². The molecule has 2 aromatic rings. The molecule has 2 heterocycles. The molecule has 2 amide bonds. The Morgan fingerprint density at radius 3 is 2.10 bits per heavy atom. The summed E-state index contributed by atoms with van der Waals surface area (Å²) in [7, 11) is 0. The van der Waals surface area contributed by atoms with Crippen molar-refractivity contribution < 1.29 is 22.8 Å². The maximum Gasteiger partial charge on any atom is 0.416 e. The first-order valence-corrected chi connectivity index (χ1v) is 10.1. The molecule has 0 aliphatic carbocycles. The summed E-state index contributed by atoms with van der Waals surface area (Å²) in [5.74, 6) is -0.799. The van der Waals surface area contributed by atoms with Crippen molar-refractivity contribution >= 4 is 39.1 Å². The van der Waals surface area contributed by atoms with E-state index in [4.69, 9.17) is 0 Å². The molecule has 0 atom stereocenters. The van der Waals surface area contributed by atoms with Gasteiger partial charge in [-0.2, -0.15) is 13.2 Å². The van der Waals surface area contributed by atoms with Crippen LogP contribution in [0.1, 0.15) is 5.56 Å². The molecule has 9 heteroatoms. The summed E-state index contributed by atoms with van der Waals surface area (Å²) < 4.78 is 39.7. The number of rotatable bonds is 3. The number of amides is 2. The number of halogens is 4. The highest BCUT2D eigenvalue weighted by Gasteiger charge is 2.36. The first kappa shape index (κ1) is 20.5. The van der Waals surface area contributed by atoms with Crippen molar-refractivity contribution in [1.82, 2.24) is 4.90 Å². The van der Waals surface area contributed by atoms with Crippen LogP contribution < -0.4 is 9.80 Å². The molecular weight excluding hydrogens is 463 g/mol. The summed E-state index contributed by atoms with van der Waals surface area (Å²) in [4.78, 5) is 30.0. The Morgan fingerprint density at radius 2 is 1.47 bits per heavy atom. The van der Waals surface area contributed by atoms with Crippen molar-refractivity contribution in [3.05, 3.63) is 70.3 Å². The topological polar surface area (TPSA) is 43.9 Å². The van der Waals surface area contributed by atoms with Crippen LogP contribution in [0.4, 0.5) is 24.5 Å². The van der Waals surface area contributed by atoms with Gasteiger partial charge in [-0.3, -0.25) is 9.59 Å². The molecule has 5 nitrogen and oxygen atoms in total. The number of hydrogen-bond donors (Lipinski definition) is 0. The van der Waals surface area contributed by atoms with Crippen molar-refractivity contribution in [2.24, 2.45) is 0 Å². The lowest BCUT2D eigenvalue weighted by molar-refractivity contribution is -0.137. The quantitative estimate of drug-likeness (QED) is 0.623. The molecule has 2 aromatic carbocycles. The summed E-state index contributed by atoms with van der Waals surface area (Å²) in [6, 6.07) is 12.1. The Labute approximate surface area is 179 Å². The number of hydrogen-bond acceptors (Lipinski definition) is 4. The molecule has 0 spiro atoms. The van der Waals surface area contributed by atoms with Gasteiger partial charge in [0.05, 0.1) is 11.3 Å². The van der Waals surface area contributed by atoms with Gasteiger partial charge in [0.1, 0.15) is 5.70 Å². The maximum absolute atomic E-state index is 13.0. The van der Waals surface area contributed by atoms with E-state index in [1.165, 1.54) is 12.1 Å². The average Bonchev–Trinajstić information content (AvgIpc) is 3.02. The van der Waals surface area contributed by atoms with Gasteiger partial charge < -0.3 is 9.80 Å². The van der Waals surface area contributed by atoms with E-state index in [0.717, 1.165) is 21.5 Å². The third kappa shape index (κ3) is 3.94. The Hall–Kier alpha value is -2.81. The first-order valence-electron chi connectivity index (χ1n) is 9.27. The van der Waals surface area contributed by atoms with E-state index in [2.05, 4.69) is 15.9 Å². The normalized spacial score (nSPS) is 17.6. The van der Waals surface area contributed by atoms with Crippen LogP contribution in [0.15, 0.2) is 64.8 Å². The standard InChI is InChI=1S/C21H17BrF3N3O2/c22-15-4-6-16(7-5-15)28-19(29)13-18(20(28)30)27-10-8-26(9-11-27)17-3-1-2-14(12-17)21(23,24)25/h1-7,12-13H,8-11H2. The van der Waals surface area contributed by atoms with Crippen LogP contribution in [-0.2, 0) is 15.8 Å². The summed E-state index contributed by atoms with van der Waals surface area (Å²) in [5, 5.41) is 0. The number of anilines is 2. The lowest BCUT2D eigenvalue weighted by Crippen LogP contribution is -2.47. The van der Waals surface area contributed by atoms with Crippen molar-refractivity contribution in [1.29, 1.82) is 0 Å². The van der Waals surface area contributed by atoms with Crippen molar-refractivity contribution in [2.75, 3.05) is 36.0 Å². The van der Waals surface area contributed by atoms with Gasteiger partial charge in [0, 0.05) is 42.4 Å². The summed E-state index contributed by atoms with van der Waals surface area (Å²) in [6.45, 7) is 1.74. The predicted molar refractivity (Wildman–Crippen MR) is 110 cm³/mol. The molecular formula is C21H17BrF3N3O2. The second-order valence-corrected chi connectivity index (χ2v) is 7.92. The van der Waals surface area contributed by atoms with Gasteiger partial charge in [0.2, 0.25) is 0 Å². The zero-order valence-corrected chi connectivity index (χ0v) is 17.3. The number of benzene rings is 2. The Balaban J connectivity index is 1.45. The zero-order chi connectivity index (χ0) is 21.5. The van der Waals surface area contributed by atoms with Crippen LogP contribution in [-0.4, -0.2) is 42.9 Å². The van der Waals surface area contributed by atoms with Crippen molar-refractivity contribution in [3.8, 4) is 0 Å². The number of carbonyl (C=O) groups is 2. The molecule has 0 saturated carbocycles. The van der Waals surface area contributed by atoms with Gasteiger partial charge in [0.15, 0.2) is 0 Å². The molecule has 0 radical (unpaired) electrons. The average molecular weight is 480 g/mol. The van der Waals surface area contributed by atoms with Crippen LogP contribution in [0.2, 0.25) is 0 Å². The molecule has 0 aromatic heterocycles. The fourth-order valence-electron chi connectivity index (χ4n) is 3.60. The molecule has 2 aliphatic heterocycles. The number of carbonyl (C=O) groups excluding carboxylic acids is 2. The van der Waals surface area contributed by atoms with E-state index >= 15 is 0 Å². The van der Waals surface area contributed by atoms with E-state index in [1.54, 1.807) is 30.3 Å². The van der Waals surface area contributed by atoms with E-state index in [9.17, 15) is 22.8 Å².